The Morgan fingerprint density at radius 1 is 0.923 bits per heavy atom. The predicted molar refractivity (Wildman–Crippen MR) is 104 cm³/mol. The Labute approximate surface area is 159 Å². The highest BCUT2D eigenvalue weighted by Crippen LogP contribution is 2.19. The lowest BCUT2D eigenvalue weighted by Gasteiger charge is -2.37. The molecule has 0 unspecified atom stereocenters. The molecule has 0 radical (unpaired) electrons. The van der Waals surface area contributed by atoms with Crippen molar-refractivity contribution >= 4 is 0 Å². The lowest BCUT2D eigenvalue weighted by atomic mass is 10.0. The van der Waals surface area contributed by atoms with E-state index in [1.807, 2.05) is 0 Å². The Balaban J connectivity index is 1.97. The summed E-state index contributed by atoms with van der Waals surface area (Å²) in [5, 5.41) is 28.9. The van der Waals surface area contributed by atoms with E-state index >= 15 is 0 Å². The van der Waals surface area contributed by atoms with Crippen LogP contribution in [0.25, 0.3) is 0 Å². The molecule has 1 rings (SSSR count). The third kappa shape index (κ3) is 10.0. The van der Waals surface area contributed by atoms with Gasteiger partial charge in [-0.05, 0) is 19.3 Å². The minimum absolute atomic E-state index is 0.0326. The molecule has 1 heterocycles. The van der Waals surface area contributed by atoms with Crippen molar-refractivity contribution in [3.8, 4) is 0 Å². The Hall–Kier alpha value is -0.460. The monoisotopic (exact) mass is 372 g/mol. The van der Waals surface area contributed by atoms with Crippen molar-refractivity contribution in [3.63, 3.8) is 0 Å². The molecule has 1 aliphatic rings. The van der Waals surface area contributed by atoms with E-state index in [0.29, 0.717) is 6.61 Å². The van der Waals surface area contributed by atoms with E-state index in [0.717, 1.165) is 12.8 Å². The molecular formula is C21H40O5. The van der Waals surface area contributed by atoms with E-state index in [2.05, 4.69) is 19.1 Å². The van der Waals surface area contributed by atoms with Crippen LogP contribution in [0.3, 0.4) is 0 Å². The fourth-order valence-corrected chi connectivity index (χ4v) is 3.30. The van der Waals surface area contributed by atoms with E-state index in [-0.39, 0.29) is 13.2 Å². The first kappa shape index (κ1) is 23.6. The normalized spacial score (nSPS) is 26.6. The van der Waals surface area contributed by atoms with Crippen LogP contribution in [-0.2, 0) is 9.47 Å². The summed E-state index contributed by atoms with van der Waals surface area (Å²) in [6.07, 6.45) is 15.1. The molecule has 26 heavy (non-hydrogen) atoms. The van der Waals surface area contributed by atoms with Crippen molar-refractivity contribution in [2.45, 2.75) is 102 Å². The van der Waals surface area contributed by atoms with Gasteiger partial charge in [0, 0.05) is 0 Å². The van der Waals surface area contributed by atoms with Crippen molar-refractivity contribution in [1.82, 2.24) is 0 Å². The zero-order valence-electron chi connectivity index (χ0n) is 16.5. The molecule has 3 N–H and O–H groups in total. The van der Waals surface area contributed by atoms with Crippen LogP contribution >= 0.6 is 0 Å². The highest BCUT2D eigenvalue weighted by atomic mass is 16.6. The van der Waals surface area contributed by atoms with Gasteiger partial charge in [0.1, 0.15) is 24.4 Å². The average Bonchev–Trinajstić information content (AvgIpc) is 2.65. The van der Waals surface area contributed by atoms with E-state index in [4.69, 9.17) is 9.47 Å². The topological polar surface area (TPSA) is 79.2 Å². The smallest absolute Gasteiger partial charge is 0.114 e. The maximum absolute atomic E-state index is 9.96. The third-order valence-corrected chi connectivity index (χ3v) is 4.99. The van der Waals surface area contributed by atoms with Gasteiger partial charge in [0.05, 0.1) is 19.8 Å². The van der Waals surface area contributed by atoms with E-state index < -0.39 is 24.4 Å². The van der Waals surface area contributed by atoms with E-state index in [1.54, 1.807) is 0 Å². The van der Waals surface area contributed by atoms with Gasteiger partial charge >= 0.3 is 0 Å². The summed E-state index contributed by atoms with van der Waals surface area (Å²) >= 11 is 0. The molecule has 0 aromatic heterocycles. The molecule has 0 amide bonds. The minimum Gasteiger partial charge on any atom is -0.394 e. The first-order valence-electron chi connectivity index (χ1n) is 10.6. The Morgan fingerprint density at radius 3 is 2.19 bits per heavy atom. The van der Waals surface area contributed by atoms with Gasteiger partial charge < -0.3 is 24.8 Å². The molecule has 1 fully saturated rings. The van der Waals surface area contributed by atoms with Crippen LogP contribution in [-0.4, -0.2) is 59.6 Å². The second-order valence-corrected chi connectivity index (χ2v) is 7.32. The van der Waals surface area contributed by atoms with Gasteiger partial charge in [-0.15, -0.1) is 0 Å². The quantitative estimate of drug-likeness (QED) is 0.303. The zero-order valence-corrected chi connectivity index (χ0v) is 16.5. The number of hydrogen-bond donors (Lipinski definition) is 3. The molecule has 154 valence electrons. The molecule has 1 saturated heterocycles. The lowest BCUT2D eigenvalue weighted by molar-refractivity contribution is -0.211. The van der Waals surface area contributed by atoms with Crippen LogP contribution in [0.4, 0.5) is 0 Å². The van der Waals surface area contributed by atoms with Crippen LogP contribution in [0.2, 0.25) is 0 Å². The fourth-order valence-electron chi connectivity index (χ4n) is 3.30. The molecule has 0 aromatic carbocycles. The van der Waals surface area contributed by atoms with Crippen LogP contribution in [0.5, 0.6) is 0 Å². The minimum atomic E-state index is -1.01. The highest BCUT2D eigenvalue weighted by Gasteiger charge is 2.39. The Bertz CT molecular complexity index is 345. The molecule has 0 aromatic rings. The maximum Gasteiger partial charge on any atom is 0.114 e. The van der Waals surface area contributed by atoms with Gasteiger partial charge in [-0.25, -0.2) is 0 Å². The Morgan fingerprint density at radius 2 is 1.54 bits per heavy atom. The zero-order chi connectivity index (χ0) is 19.0. The standard InChI is InChI=1S/C21H40O5/c1-2-3-4-5-6-7-8-9-10-11-12-13-14-15-25-21-19(16-22)26-17-18(23)20(21)24/h12-13,18-24H,2-11,14-17H2,1H3/b13-12+/t18-,19+,20+,21+/m0/s1. The number of aliphatic hydroxyl groups is 3. The van der Waals surface area contributed by atoms with Crippen LogP contribution in [0.15, 0.2) is 12.2 Å². The molecule has 5 nitrogen and oxygen atoms in total. The number of unbranched alkanes of at least 4 members (excludes halogenated alkanes) is 9. The summed E-state index contributed by atoms with van der Waals surface area (Å²) in [5.41, 5.74) is 0. The second kappa shape index (κ2) is 15.6. The summed E-state index contributed by atoms with van der Waals surface area (Å²) < 4.78 is 10.9. The summed E-state index contributed by atoms with van der Waals surface area (Å²) in [7, 11) is 0. The maximum atomic E-state index is 9.96. The molecule has 0 aliphatic carbocycles. The van der Waals surface area contributed by atoms with Crippen LogP contribution in [0, 0.1) is 0 Å². The highest BCUT2D eigenvalue weighted by molar-refractivity contribution is 4.88. The molecule has 4 atom stereocenters. The number of allylic oxidation sites excluding steroid dienone is 1. The summed E-state index contributed by atoms with van der Waals surface area (Å²) in [5.74, 6) is 0. The van der Waals surface area contributed by atoms with Crippen molar-refractivity contribution in [1.29, 1.82) is 0 Å². The van der Waals surface area contributed by atoms with Gasteiger partial charge in [-0.2, -0.15) is 0 Å². The van der Waals surface area contributed by atoms with Crippen molar-refractivity contribution in [2.75, 3.05) is 19.8 Å². The SMILES string of the molecule is CCCCCCCCCCC/C=C/CCO[C@H]1[C@H](O)[C@@H](O)CO[C@@H]1CO. The second-order valence-electron chi connectivity index (χ2n) is 7.32. The van der Waals surface area contributed by atoms with Gasteiger partial charge in [-0.1, -0.05) is 70.4 Å². The van der Waals surface area contributed by atoms with Crippen molar-refractivity contribution in [3.05, 3.63) is 12.2 Å². The van der Waals surface area contributed by atoms with Gasteiger partial charge in [-0.3, -0.25) is 0 Å². The number of aliphatic hydroxyl groups excluding tert-OH is 3. The van der Waals surface area contributed by atoms with Crippen molar-refractivity contribution < 1.29 is 24.8 Å². The van der Waals surface area contributed by atoms with E-state index in [1.165, 1.54) is 57.8 Å². The molecule has 1 aliphatic heterocycles. The molecular weight excluding hydrogens is 332 g/mol. The average molecular weight is 373 g/mol. The molecule has 0 saturated carbocycles. The lowest BCUT2D eigenvalue weighted by Crippen LogP contribution is -2.55. The van der Waals surface area contributed by atoms with Crippen LogP contribution < -0.4 is 0 Å². The number of ether oxygens (including phenoxy) is 2. The van der Waals surface area contributed by atoms with E-state index in [9.17, 15) is 15.3 Å². The number of rotatable bonds is 15. The van der Waals surface area contributed by atoms with Gasteiger partial charge in [0.2, 0.25) is 0 Å². The molecule has 5 heteroatoms. The van der Waals surface area contributed by atoms with Gasteiger partial charge in [0.25, 0.3) is 0 Å². The summed E-state index contributed by atoms with van der Waals surface area (Å²) in [6, 6.07) is 0. The largest absolute Gasteiger partial charge is 0.394 e. The number of hydrogen-bond acceptors (Lipinski definition) is 5. The van der Waals surface area contributed by atoms with Crippen LogP contribution in [0.1, 0.15) is 77.6 Å². The molecule has 0 spiro atoms. The predicted octanol–water partition coefficient (Wildman–Crippen LogP) is 3.35. The molecule has 0 bridgehead atoms. The Kier molecular flexibility index (Phi) is 14.1. The summed E-state index contributed by atoms with van der Waals surface area (Å²) in [6.45, 7) is 2.51. The fraction of sp³-hybridized carbons (Fsp3) is 0.905. The first-order chi connectivity index (χ1) is 12.7. The first-order valence-corrected chi connectivity index (χ1v) is 10.6. The summed E-state index contributed by atoms with van der Waals surface area (Å²) in [4.78, 5) is 0. The van der Waals surface area contributed by atoms with Crippen molar-refractivity contribution in [2.24, 2.45) is 0 Å². The third-order valence-electron chi connectivity index (χ3n) is 4.99. The van der Waals surface area contributed by atoms with Gasteiger partial charge in [0.15, 0.2) is 0 Å².